The van der Waals surface area contributed by atoms with Gasteiger partial charge in [-0.15, -0.1) is 0 Å². The van der Waals surface area contributed by atoms with Crippen LogP contribution in [0, 0.1) is 5.92 Å². The van der Waals surface area contributed by atoms with Crippen molar-refractivity contribution in [3.05, 3.63) is 32.8 Å². The first-order valence-corrected chi connectivity index (χ1v) is 6.17. The van der Waals surface area contributed by atoms with Gasteiger partial charge in [0.05, 0.1) is 0 Å². The summed E-state index contributed by atoms with van der Waals surface area (Å²) in [4.78, 5) is 45.3. The predicted octanol–water partition coefficient (Wildman–Crippen LogP) is -0.848. The monoisotopic (exact) mass is 283 g/mol. The summed E-state index contributed by atoms with van der Waals surface area (Å²) in [5.74, 6) is -2.04. The van der Waals surface area contributed by atoms with Crippen molar-refractivity contribution in [2.24, 2.45) is 5.92 Å². The van der Waals surface area contributed by atoms with Crippen LogP contribution in [0.25, 0.3) is 0 Å². The minimum Gasteiger partial charge on any atom is -0.480 e. The summed E-state index contributed by atoms with van der Waals surface area (Å²) in [7, 11) is 0. The number of carboxylic acids is 1. The van der Waals surface area contributed by atoms with Crippen LogP contribution < -0.4 is 16.4 Å². The van der Waals surface area contributed by atoms with Crippen molar-refractivity contribution < 1.29 is 14.7 Å². The molecule has 2 atom stereocenters. The molecule has 8 nitrogen and oxygen atoms in total. The molecule has 0 saturated heterocycles. The van der Waals surface area contributed by atoms with Crippen LogP contribution in [0.2, 0.25) is 0 Å². The minimum absolute atomic E-state index is 0.247. The van der Waals surface area contributed by atoms with Crippen LogP contribution in [0.3, 0.4) is 0 Å². The normalized spacial score (nSPS) is 13.5. The van der Waals surface area contributed by atoms with Gasteiger partial charge in [0.25, 0.3) is 11.1 Å². The molecule has 1 heterocycles. The van der Waals surface area contributed by atoms with Crippen molar-refractivity contribution in [1.29, 1.82) is 0 Å². The van der Waals surface area contributed by atoms with Crippen LogP contribution in [0.4, 0.5) is 0 Å². The van der Waals surface area contributed by atoms with Gasteiger partial charge in [0.2, 0.25) is 5.91 Å². The molecule has 1 aromatic heterocycles. The second-order valence-electron chi connectivity index (χ2n) is 4.50. The Morgan fingerprint density at radius 1 is 1.40 bits per heavy atom. The van der Waals surface area contributed by atoms with Crippen molar-refractivity contribution in [1.82, 2.24) is 15.1 Å². The standard InChI is InChI=1S/C12H17N3O5/c1-3-7(2)11(12(19)20)13-9(17)6-15-10(18)5-4-8(16)14-15/h4-5,7,11H,3,6H2,1-2H3,(H,13,17)(H,14,16)(H,19,20)/t7-,11-/m0/s1. The van der Waals surface area contributed by atoms with Gasteiger partial charge in [0, 0.05) is 12.1 Å². The number of aliphatic carboxylic acids is 1. The lowest BCUT2D eigenvalue weighted by Gasteiger charge is -2.20. The van der Waals surface area contributed by atoms with E-state index in [-0.39, 0.29) is 5.92 Å². The number of amides is 1. The molecule has 1 rings (SSSR count). The third-order valence-corrected chi connectivity index (χ3v) is 2.99. The molecule has 3 N–H and O–H groups in total. The summed E-state index contributed by atoms with van der Waals surface area (Å²) in [5.41, 5.74) is -1.07. The first kappa shape index (κ1) is 15.7. The van der Waals surface area contributed by atoms with E-state index in [2.05, 4.69) is 10.4 Å². The zero-order valence-electron chi connectivity index (χ0n) is 11.3. The van der Waals surface area contributed by atoms with Gasteiger partial charge in [-0.3, -0.25) is 19.5 Å². The molecule has 0 radical (unpaired) electrons. The summed E-state index contributed by atoms with van der Waals surface area (Å²) < 4.78 is 0.827. The van der Waals surface area contributed by atoms with Crippen LogP contribution >= 0.6 is 0 Å². The maximum atomic E-state index is 11.8. The molecule has 8 heteroatoms. The first-order valence-electron chi connectivity index (χ1n) is 6.17. The van der Waals surface area contributed by atoms with Gasteiger partial charge in [0.1, 0.15) is 12.6 Å². The maximum absolute atomic E-state index is 11.8. The number of carboxylic acid groups (broad SMARTS) is 1. The van der Waals surface area contributed by atoms with E-state index in [1.807, 2.05) is 6.92 Å². The Kier molecular flexibility index (Phi) is 5.24. The average molecular weight is 283 g/mol. The van der Waals surface area contributed by atoms with Crippen molar-refractivity contribution in [2.75, 3.05) is 0 Å². The molecule has 0 aliphatic heterocycles. The van der Waals surface area contributed by atoms with Crippen molar-refractivity contribution in [2.45, 2.75) is 32.9 Å². The number of carbonyl (C=O) groups excluding carboxylic acids is 1. The lowest BCUT2D eigenvalue weighted by atomic mass is 9.99. The number of rotatable bonds is 6. The molecule has 0 fully saturated rings. The Balaban J connectivity index is 2.81. The molecule has 0 aliphatic carbocycles. The van der Waals surface area contributed by atoms with E-state index >= 15 is 0 Å². The van der Waals surface area contributed by atoms with Crippen molar-refractivity contribution in [3.63, 3.8) is 0 Å². The number of aromatic amines is 1. The Hall–Kier alpha value is -2.38. The largest absolute Gasteiger partial charge is 0.480 e. The SMILES string of the molecule is CC[C@H](C)[C@H](NC(=O)Cn1[nH]c(=O)ccc1=O)C(=O)O. The molecule has 0 aromatic carbocycles. The fourth-order valence-corrected chi connectivity index (χ4v) is 1.63. The topological polar surface area (TPSA) is 121 Å². The molecule has 1 amide bonds. The second kappa shape index (κ2) is 6.69. The van der Waals surface area contributed by atoms with Crippen LogP contribution in [0.15, 0.2) is 21.7 Å². The van der Waals surface area contributed by atoms with E-state index in [0.717, 1.165) is 16.8 Å². The van der Waals surface area contributed by atoms with Crippen molar-refractivity contribution in [3.8, 4) is 0 Å². The minimum atomic E-state index is -1.14. The predicted molar refractivity (Wildman–Crippen MR) is 70.3 cm³/mol. The van der Waals surface area contributed by atoms with Gasteiger partial charge >= 0.3 is 5.97 Å². The Morgan fingerprint density at radius 3 is 2.60 bits per heavy atom. The molecule has 0 saturated carbocycles. The lowest BCUT2D eigenvalue weighted by molar-refractivity contribution is -0.143. The third-order valence-electron chi connectivity index (χ3n) is 2.99. The van der Waals surface area contributed by atoms with Gasteiger partial charge in [-0.05, 0) is 5.92 Å². The van der Waals surface area contributed by atoms with E-state index in [0.29, 0.717) is 6.42 Å². The molecule has 0 unspecified atom stereocenters. The number of carbonyl (C=O) groups is 2. The maximum Gasteiger partial charge on any atom is 0.326 e. The Morgan fingerprint density at radius 2 is 2.05 bits per heavy atom. The number of aromatic nitrogens is 2. The van der Waals surface area contributed by atoms with Crippen LogP contribution in [0.5, 0.6) is 0 Å². The number of hydrogen-bond donors (Lipinski definition) is 3. The molecule has 20 heavy (non-hydrogen) atoms. The van der Waals surface area contributed by atoms with E-state index in [4.69, 9.17) is 5.11 Å². The number of nitrogens with zero attached hydrogens (tertiary/aromatic N) is 1. The molecule has 1 aromatic rings. The third kappa shape index (κ3) is 4.08. The highest BCUT2D eigenvalue weighted by atomic mass is 16.4. The highest BCUT2D eigenvalue weighted by molar-refractivity contribution is 5.83. The highest BCUT2D eigenvalue weighted by Crippen LogP contribution is 2.07. The lowest BCUT2D eigenvalue weighted by Crippen LogP contribution is -2.47. The molecule has 110 valence electrons. The summed E-state index contributed by atoms with van der Waals surface area (Å²) in [6, 6.07) is 1.06. The molecular formula is C12H17N3O5. The Labute approximate surface area is 114 Å². The van der Waals surface area contributed by atoms with Gasteiger partial charge in [-0.1, -0.05) is 20.3 Å². The van der Waals surface area contributed by atoms with Gasteiger partial charge in [-0.25, -0.2) is 9.48 Å². The molecule has 0 aliphatic rings. The number of nitrogens with one attached hydrogen (secondary N) is 2. The number of H-pyrrole nitrogens is 1. The molecule has 0 bridgehead atoms. The second-order valence-corrected chi connectivity index (χ2v) is 4.50. The van der Waals surface area contributed by atoms with Gasteiger partial charge in [0.15, 0.2) is 0 Å². The zero-order chi connectivity index (χ0) is 15.3. The quantitative estimate of drug-likeness (QED) is 0.628. The van der Waals surface area contributed by atoms with Crippen LogP contribution in [-0.2, 0) is 16.1 Å². The zero-order valence-corrected chi connectivity index (χ0v) is 11.3. The fraction of sp³-hybridized carbons (Fsp3) is 0.500. The highest BCUT2D eigenvalue weighted by Gasteiger charge is 2.25. The van der Waals surface area contributed by atoms with E-state index in [1.165, 1.54) is 0 Å². The number of hydrogen-bond acceptors (Lipinski definition) is 4. The fourth-order valence-electron chi connectivity index (χ4n) is 1.63. The smallest absolute Gasteiger partial charge is 0.326 e. The van der Waals surface area contributed by atoms with E-state index in [1.54, 1.807) is 6.92 Å². The van der Waals surface area contributed by atoms with Crippen LogP contribution in [-0.4, -0.2) is 32.8 Å². The summed E-state index contributed by atoms with van der Waals surface area (Å²) in [5, 5.41) is 13.6. The summed E-state index contributed by atoms with van der Waals surface area (Å²) in [6.07, 6.45) is 0.583. The van der Waals surface area contributed by atoms with E-state index < -0.39 is 35.6 Å². The summed E-state index contributed by atoms with van der Waals surface area (Å²) in [6.45, 7) is 3.08. The van der Waals surface area contributed by atoms with Crippen molar-refractivity contribution >= 4 is 11.9 Å². The molecule has 0 spiro atoms. The molecular weight excluding hydrogens is 266 g/mol. The van der Waals surface area contributed by atoms with E-state index in [9.17, 15) is 19.2 Å². The van der Waals surface area contributed by atoms with Crippen LogP contribution in [0.1, 0.15) is 20.3 Å². The first-order chi connectivity index (χ1) is 9.35. The van der Waals surface area contributed by atoms with Gasteiger partial charge < -0.3 is 10.4 Å². The Bertz CT molecular complexity index is 604. The summed E-state index contributed by atoms with van der Waals surface area (Å²) >= 11 is 0. The van der Waals surface area contributed by atoms with Gasteiger partial charge in [-0.2, -0.15) is 0 Å². The average Bonchev–Trinajstić information content (AvgIpc) is 2.39.